The summed E-state index contributed by atoms with van der Waals surface area (Å²) in [7, 11) is 0. The lowest BCUT2D eigenvalue weighted by molar-refractivity contribution is -0.385. The predicted molar refractivity (Wildman–Crippen MR) is 57.2 cm³/mol. The van der Waals surface area contributed by atoms with Crippen LogP contribution in [0.5, 0.6) is 0 Å². The smallest absolute Gasteiger partial charge is 0.289 e. The number of nitro groups is 1. The molecule has 0 spiro atoms. The molecule has 0 atom stereocenters. The van der Waals surface area contributed by atoms with Crippen LogP contribution in [0.15, 0.2) is 12.3 Å². The van der Waals surface area contributed by atoms with Gasteiger partial charge in [0, 0.05) is 6.07 Å². The van der Waals surface area contributed by atoms with Crippen molar-refractivity contribution in [2.75, 3.05) is 18.5 Å². The van der Waals surface area contributed by atoms with Crippen LogP contribution in [0.1, 0.15) is 5.56 Å². The van der Waals surface area contributed by atoms with Gasteiger partial charge in [0.1, 0.15) is 23.6 Å². The number of hydrogen-bond donors (Lipinski definition) is 3. The summed E-state index contributed by atoms with van der Waals surface area (Å²) >= 11 is 0. The van der Waals surface area contributed by atoms with Gasteiger partial charge in [-0.2, -0.15) is 5.26 Å². The molecule has 0 saturated heterocycles. The van der Waals surface area contributed by atoms with E-state index in [1.54, 1.807) is 6.07 Å². The lowest BCUT2D eigenvalue weighted by atomic mass is 10.2. The fraction of sp³-hybridized carbons (Fsp3) is 0.333. The van der Waals surface area contributed by atoms with E-state index in [0.717, 1.165) is 12.3 Å². The molecule has 0 fully saturated rings. The summed E-state index contributed by atoms with van der Waals surface area (Å²) in [4.78, 5) is 13.5. The van der Waals surface area contributed by atoms with Gasteiger partial charge >= 0.3 is 0 Å². The van der Waals surface area contributed by atoms with Gasteiger partial charge in [-0.15, -0.1) is 0 Å². The van der Waals surface area contributed by atoms with Crippen molar-refractivity contribution in [1.29, 1.82) is 5.26 Å². The van der Waals surface area contributed by atoms with E-state index in [4.69, 9.17) is 15.5 Å². The van der Waals surface area contributed by atoms with E-state index in [1.165, 1.54) is 0 Å². The van der Waals surface area contributed by atoms with E-state index in [1.807, 2.05) is 0 Å². The first-order chi connectivity index (χ1) is 8.12. The van der Waals surface area contributed by atoms with Crippen LogP contribution in [0.4, 0.5) is 11.5 Å². The second-order valence-corrected chi connectivity index (χ2v) is 3.17. The molecule has 1 aromatic rings. The largest absolute Gasteiger partial charge is 0.394 e. The van der Waals surface area contributed by atoms with Crippen LogP contribution in [-0.4, -0.2) is 39.4 Å². The van der Waals surface area contributed by atoms with Gasteiger partial charge in [-0.1, -0.05) is 0 Å². The summed E-state index contributed by atoms with van der Waals surface area (Å²) in [5.74, 6) is 0.0891. The fourth-order valence-electron chi connectivity index (χ4n) is 1.10. The maximum Gasteiger partial charge on any atom is 0.289 e. The Bertz CT molecular complexity index is 453. The van der Waals surface area contributed by atoms with E-state index < -0.39 is 11.0 Å². The molecule has 90 valence electrons. The average Bonchev–Trinajstić information content (AvgIpc) is 2.35. The highest BCUT2D eigenvalue weighted by Crippen LogP contribution is 2.18. The van der Waals surface area contributed by atoms with Crippen LogP contribution in [0.2, 0.25) is 0 Å². The van der Waals surface area contributed by atoms with Gasteiger partial charge in [0.25, 0.3) is 5.69 Å². The lowest BCUT2D eigenvalue weighted by Crippen LogP contribution is -2.28. The average molecular weight is 238 g/mol. The molecule has 1 rings (SSSR count). The zero-order valence-corrected chi connectivity index (χ0v) is 8.70. The summed E-state index contributed by atoms with van der Waals surface area (Å²) < 4.78 is 0. The van der Waals surface area contributed by atoms with Crippen LogP contribution < -0.4 is 5.32 Å². The van der Waals surface area contributed by atoms with Crippen molar-refractivity contribution in [2.45, 2.75) is 6.04 Å². The summed E-state index contributed by atoms with van der Waals surface area (Å²) in [6.07, 6.45) is 0.995. The molecule has 8 heteroatoms. The van der Waals surface area contributed by atoms with Gasteiger partial charge in [0.05, 0.1) is 24.2 Å². The van der Waals surface area contributed by atoms with E-state index in [0.29, 0.717) is 0 Å². The quantitative estimate of drug-likeness (QED) is 0.470. The number of anilines is 1. The highest BCUT2D eigenvalue weighted by Gasteiger charge is 2.14. The summed E-state index contributed by atoms with van der Waals surface area (Å²) in [6, 6.07) is 2.15. The normalized spacial score (nSPS) is 10.0. The first-order valence-corrected chi connectivity index (χ1v) is 4.65. The zero-order valence-electron chi connectivity index (χ0n) is 8.70. The maximum atomic E-state index is 10.5. The third-order valence-electron chi connectivity index (χ3n) is 1.99. The van der Waals surface area contributed by atoms with Crippen molar-refractivity contribution in [3.8, 4) is 6.07 Å². The third-order valence-corrected chi connectivity index (χ3v) is 1.99. The van der Waals surface area contributed by atoms with Gasteiger partial charge in [0.15, 0.2) is 0 Å². The summed E-state index contributed by atoms with van der Waals surface area (Å²) in [5, 5.41) is 39.6. The van der Waals surface area contributed by atoms with Gasteiger partial charge in [-0.05, 0) is 0 Å². The number of nitrogens with zero attached hydrogens (tertiary/aromatic N) is 3. The molecule has 0 unspecified atom stereocenters. The number of aromatic nitrogens is 1. The molecule has 17 heavy (non-hydrogen) atoms. The van der Waals surface area contributed by atoms with E-state index >= 15 is 0 Å². The maximum absolute atomic E-state index is 10.5. The fourth-order valence-corrected chi connectivity index (χ4v) is 1.10. The molecule has 0 radical (unpaired) electrons. The Kier molecular flexibility index (Phi) is 4.33. The van der Waals surface area contributed by atoms with E-state index in [-0.39, 0.29) is 30.3 Å². The monoisotopic (exact) mass is 238 g/mol. The molecular weight excluding hydrogens is 228 g/mol. The van der Waals surface area contributed by atoms with Gasteiger partial charge in [0.2, 0.25) is 0 Å². The Balaban J connectivity index is 3.01. The molecule has 0 amide bonds. The minimum absolute atomic E-state index is 0.0221. The molecule has 0 saturated carbocycles. The standard InChI is InChI=1S/C9H10N4O4/c10-2-6-1-8(13(16)17)3-11-9(6)12-7(4-14)5-15/h1,3,7,14-15H,4-5H2,(H,11,12). The van der Waals surface area contributed by atoms with Crippen molar-refractivity contribution >= 4 is 11.5 Å². The zero-order chi connectivity index (χ0) is 12.8. The molecule has 0 aliphatic carbocycles. The van der Waals surface area contributed by atoms with Crippen LogP contribution >= 0.6 is 0 Å². The second kappa shape index (κ2) is 5.74. The highest BCUT2D eigenvalue weighted by molar-refractivity contribution is 5.55. The summed E-state index contributed by atoms with van der Waals surface area (Å²) in [6.45, 7) is -0.694. The van der Waals surface area contributed by atoms with E-state index in [2.05, 4.69) is 10.3 Å². The number of aliphatic hydroxyl groups excluding tert-OH is 2. The van der Waals surface area contributed by atoms with Gasteiger partial charge in [-0.25, -0.2) is 4.98 Å². The second-order valence-electron chi connectivity index (χ2n) is 3.17. The first-order valence-electron chi connectivity index (χ1n) is 4.65. The minimum atomic E-state index is -0.670. The predicted octanol–water partition coefficient (Wildman–Crippen LogP) is -0.373. The van der Waals surface area contributed by atoms with Crippen molar-refractivity contribution in [3.05, 3.63) is 27.9 Å². The number of hydrogen-bond acceptors (Lipinski definition) is 7. The molecule has 0 aromatic carbocycles. The topological polar surface area (TPSA) is 132 Å². The van der Waals surface area contributed by atoms with Crippen LogP contribution in [-0.2, 0) is 0 Å². The van der Waals surface area contributed by atoms with Crippen molar-refractivity contribution in [3.63, 3.8) is 0 Å². The highest BCUT2D eigenvalue weighted by atomic mass is 16.6. The number of aliphatic hydroxyl groups is 2. The Morgan fingerprint density at radius 3 is 2.71 bits per heavy atom. The number of rotatable bonds is 5. The Morgan fingerprint density at radius 1 is 1.59 bits per heavy atom. The van der Waals surface area contributed by atoms with Crippen molar-refractivity contribution in [2.24, 2.45) is 0 Å². The Morgan fingerprint density at radius 2 is 2.24 bits per heavy atom. The van der Waals surface area contributed by atoms with Crippen molar-refractivity contribution < 1.29 is 15.1 Å². The van der Waals surface area contributed by atoms with Crippen molar-refractivity contribution in [1.82, 2.24) is 4.98 Å². The van der Waals surface area contributed by atoms with Gasteiger partial charge in [-0.3, -0.25) is 10.1 Å². The molecule has 3 N–H and O–H groups in total. The minimum Gasteiger partial charge on any atom is -0.394 e. The molecular formula is C9H10N4O4. The summed E-state index contributed by atoms with van der Waals surface area (Å²) in [5.41, 5.74) is -0.317. The first kappa shape index (κ1) is 12.8. The molecule has 1 heterocycles. The lowest BCUT2D eigenvalue weighted by Gasteiger charge is -2.14. The number of pyridine rings is 1. The molecule has 8 nitrogen and oxygen atoms in total. The Hall–Kier alpha value is -2.24. The van der Waals surface area contributed by atoms with Crippen LogP contribution in [0, 0.1) is 21.4 Å². The molecule has 0 aliphatic rings. The van der Waals surface area contributed by atoms with Gasteiger partial charge < -0.3 is 15.5 Å². The van der Waals surface area contributed by atoms with E-state index in [9.17, 15) is 10.1 Å². The SMILES string of the molecule is N#Cc1cc([N+](=O)[O-])cnc1NC(CO)CO. The Labute approximate surface area is 96.3 Å². The van der Waals surface area contributed by atoms with Crippen LogP contribution in [0.25, 0.3) is 0 Å². The molecule has 0 bridgehead atoms. The molecule has 1 aromatic heterocycles. The van der Waals surface area contributed by atoms with Crippen LogP contribution in [0.3, 0.4) is 0 Å². The third kappa shape index (κ3) is 3.10. The number of nitrogens with one attached hydrogen (secondary N) is 1. The molecule has 0 aliphatic heterocycles. The number of nitriles is 1.